The summed E-state index contributed by atoms with van der Waals surface area (Å²) in [5, 5.41) is 5.80. The summed E-state index contributed by atoms with van der Waals surface area (Å²) in [5.41, 5.74) is 10.3. The molecule has 166 valence electrons. The average molecular weight is 435 g/mol. The third-order valence-corrected chi connectivity index (χ3v) is 5.05. The number of amides is 1. The highest BCUT2D eigenvalue weighted by Crippen LogP contribution is 2.28. The minimum Gasteiger partial charge on any atom is -0.490 e. The quantitative estimate of drug-likeness (QED) is 0.267. The van der Waals surface area contributed by atoms with Crippen LogP contribution in [0.2, 0.25) is 0 Å². The predicted octanol–water partition coefficient (Wildman–Crippen LogP) is 2.43. The van der Waals surface area contributed by atoms with E-state index in [1.165, 1.54) is 5.69 Å². The molecule has 0 spiro atoms. The van der Waals surface area contributed by atoms with Crippen LogP contribution in [0.4, 0.5) is 23.0 Å². The van der Waals surface area contributed by atoms with Crippen LogP contribution in [0.25, 0.3) is 11.3 Å². The number of nitrogens with zero attached hydrogens (tertiary/aromatic N) is 3. The summed E-state index contributed by atoms with van der Waals surface area (Å²) in [6.45, 7) is 4.08. The molecule has 9 heteroatoms. The van der Waals surface area contributed by atoms with E-state index < -0.39 is 0 Å². The molecule has 1 saturated heterocycles. The number of nitrogen functional groups attached to an aromatic ring is 1. The smallest absolute Gasteiger partial charge is 0.227 e. The number of hydrogen-bond acceptors (Lipinski definition) is 8. The first kappa shape index (κ1) is 21.4. The van der Waals surface area contributed by atoms with Crippen LogP contribution in [0.15, 0.2) is 54.7 Å². The highest BCUT2D eigenvalue weighted by Gasteiger charge is 2.11. The number of nitrogens with one attached hydrogen (secondary N) is 2. The molecule has 3 aromatic rings. The number of ether oxygens (including phenoxy) is 2. The number of aromatic nitrogens is 2. The largest absolute Gasteiger partial charge is 0.490 e. The van der Waals surface area contributed by atoms with E-state index in [-0.39, 0.29) is 0 Å². The van der Waals surface area contributed by atoms with Gasteiger partial charge in [0.1, 0.15) is 12.4 Å². The van der Waals surface area contributed by atoms with E-state index in [2.05, 4.69) is 37.6 Å². The maximum atomic E-state index is 10.3. The number of morpholine rings is 1. The van der Waals surface area contributed by atoms with Crippen molar-refractivity contribution >= 4 is 29.4 Å². The summed E-state index contributed by atoms with van der Waals surface area (Å²) in [4.78, 5) is 21.5. The van der Waals surface area contributed by atoms with E-state index in [0.29, 0.717) is 36.9 Å². The van der Waals surface area contributed by atoms with Crippen molar-refractivity contribution in [3.63, 3.8) is 0 Å². The lowest BCUT2D eigenvalue weighted by atomic mass is 10.1. The Morgan fingerprint density at radius 3 is 2.69 bits per heavy atom. The van der Waals surface area contributed by atoms with E-state index in [1.54, 1.807) is 12.3 Å². The normalized spacial score (nSPS) is 13.4. The molecule has 9 nitrogen and oxygen atoms in total. The van der Waals surface area contributed by atoms with Crippen molar-refractivity contribution in [3.05, 3.63) is 54.7 Å². The predicted molar refractivity (Wildman–Crippen MR) is 124 cm³/mol. The van der Waals surface area contributed by atoms with Crippen molar-refractivity contribution in [2.24, 2.45) is 0 Å². The van der Waals surface area contributed by atoms with Crippen LogP contribution in [0.5, 0.6) is 5.75 Å². The fraction of sp³-hybridized carbons (Fsp3) is 0.261. The molecule has 0 aliphatic carbocycles. The molecule has 2 aromatic carbocycles. The van der Waals surface area contributed by atoms with E-state index in [1.807, 2.05) is 30.3 Å². The number of benzene rings is 2. The molecule has 4 N–H and O–H groups in total. The Kier molecular flexibility index (Phi) is 6.98. The Morgan fingerprint density at radius 1 is 1.12 bits per heavy atom. The highest BCUT2D eigenvalue weighted by molar-refractivity contribution is 5.69. The van der Waals surface area contributed by atoms with Gasteiger partial charge < -0.3 is 30.7 Å². The second kappa shape index (κ2) is 10.5. The van der Waals surface area contributed by atoms with E-state index in [4.69, 9.17) is 15.2 Å². The molecule has 0 radical (unpaired) electrons. The molecular formula is C23H26N6O3. The zero-order valence-corrected chi connectivity index (χ0v) is 17.7. The Balaban J connectivity index is 1.42. The Bertz CT molecular complexity index is 1040. The molecule has 2 heterocycles. The Morgan fingerprint density at radius 2 is 1.94 bits per heavy atom. The van der Waals surface area contributed by atoms with Crippen LogP contribution in [0.1, 0.15) is 0 Å². The van der Waals surface area contributed by atoms with Gasteiger partial charge in [-0.25, -0.2) is 9.97 Å². The van der Waals surface area contributed by atoms with E-state index in [9.17, 15) is 4.79 Å². The number of hydrogen-bond donors (Lipinski definition) is 3. The van der Waals surface area contributed by atoms with Gasteiger partial charge in [-0.15, -0.1) is 0 Å². The monoisotopic (exact) mass is 434 g/mol. The van der Waals surface area contributed by atoms with Crippen LogP contribution in [0, 0.1) is 0 Å². The van der Waals surface area contributed by atoms with Crippen molar-refractivity contribution in [1.29, 1.82) is 0 Å². The van der Waals surface area contributed by atoms with Crippen LogP contribution in [-0.4, -0.2) is 55.8 Å². The van der Waals surface area contributed by atoms with Crippen LogP contribution < -0.4 is 26.0 Å². The van der Waals surface area contributed by atoms with E-state index >= 15 is 0 Å². The van der Waals surface area contributed by atoms with Gasteiger partial charge in [0.25, 0.3) is 0 Å². The maximum Gasteiger partial charge on any atom is 0.227 e. The average Bonchev–Trinajstić information content (AvgIpc) is 2.84. The van der Waals surface area contributed by atoms with Crippen LogP contribution in [-0.2, 0) is 9.53 Å². The first-order valence-electron chi connectivity index (χ1n) is 10.5. The first-order chi connectivity index (χ1) is 15.7. The molecule has 0 bridgehead atoms. The summed E-state index contributed by atoms with van der Waals surface area (Å²) < 4.78 is 11.0. The molecule has 32 heavy (non-hydrogen) atoms. The number of carbonyl (C=O) groups excluding carboxylic acids is 1. The van der Waals surface area contributed by atoms with Crippen molar-refractivity contribution in [3.8, 4) is 17.0 Å². The molecule has 0 unspecified atom stereocenters. The lowest BCUT2D eigenvalue weighted by molar-refractivity contribution is -0.109. The summed E-state index contributed by atoms with van der Waals surface area (Å²) in [5.74, 6) is 1.06. The molecule has 4 rings (SSSR count). The topological polar surface area (TPSA) is 115 Å². The summed E-state index contributed by atoms with van der Waals surface area (Å²) >= 11 is 0. The number of nitrogens with two attached hydrogens (primary N) is 1. The summed E-state index contributed by atoms with van der Waals surface area (Å²) in [7, 11) is 0. The molecule has 0 atom stereocenters. The SMILES string of the molecule is Nc1cc(-c2ccnc(Nc3ccc(N4CCOCC4)cc3)n2)ccc1OCCNC=O. The Labute approximate surface area is 186 Å². The highest BCUT2D eigenvalue weighted by atomic mass is 16.5. The van der Waals surface area contributed by atoms with Gasteiger partial charge in [-0.2, -0.15) is 0 Å². The second-order valence-corrected chi connectivity index (χ2v) is 7.21. The Hall–Kier alpha value is -3.85. The number of carbonyl (C=O) groups is 1. The molecule has 0 saturated carbocycles. The van der Waals surface area contributed by atoms with Gasteiger partial charge in [0.2, 0.25) is 12.4 Å². The molecule has 1 aliphatic heterocycles. The molecular weight excluding hydrogens is 408 g/mol. The minimum absolute atomic E-state index is 0.341. The lowest BCUT2D eigenvalue weighted by Crippen LogP contribution is -2.36. The number of rotatable bonds is 9. The van der Waals surface area contributed by atoms with Gasteiger partial charge in [-0.05, 0) is 48.5 Å². The fourth-order valence-electron chi connectivity index (χ4n) is 3.40. The molecule has 1 amide bonds. The van der Waals surface area contributed by atoms with Gasteiger partial charge in [-0.3, -0.25) is 4.79 Å². The minimum atomic E-state index is 0.341. The first-order valence-corrected chi connectivity index (χ1v) is 10.5. The van der Waals surface area contributed by atoms with Crippen molar-refractivity contribution in [2.75, 3.05) is 55.4 Å². The standard InChI is InChI=1S/C23H26N6O3/c24-20-15-17(1-6-22(20)32-12-9-25-16-30)21-7-8-26-23(28-21)27-18-2-4-19(5-3-18)29-10-13-31-14-11-29/h1-8,15-16H,9-14,24H2,(H,25,30)(H,26,27,28). The van der Waals surface area contributed by atoms with Crippen molar-refractivity contribution in [2.45, 2.75) is 0 Å². The second-order valence-electron chi connectivity index (χ2n) is 7.21. The maximum absolute atomic E-state index is 10.3. The van der Waals surface area contributed by atoms with Crippen LogP contribution in [0.3, 0.4) is 0 Å². The third kappa shape index (κ3) is 5.44. The summed E-state index contributed by atoms with van der Waals surface area (Å²) in [6.07, 6.45) is 2.34. The van der Waals surface area contributed by atoms with Crippen LogP contribution >= 0.6 is 0 Å². The third-order valence-electron chi connectivity index (χ3n) is 5.05. The molecule has 1 fully saturated rings. The van der Waals surface area contributed by atoms with Gasteiger partial charge >= 0.3 is 0 Å². The molecule has 1 aliphatic rings. The zero-order valence-electron chi connectivity index (χ0n) is 17.7. The van der Waals surface area contributed by atoms with Gasteiger partial charge in [-0.1, -0.05) is 0 Å². The molecule has 1 aromatic heterocycles. The van der Waals surface area contributed by atoms with Crippen molar-refractivity contribution in [1.82, 2.24) is 15.3 Å². The number of anilines is 4. The van der Waals surface area contributed by atoms with Gasteiger partial charge in [0, 0.05) is 36.2 Å². The van der Waals surface area contributed by atoms with E-state index in [0.717, 1.165) is 43.2 Å². The summed E-state index contributed by atoms with van der Waals surface area (Å²) in [6, 6.07) is 15.5. The van der Waals surface area contributed by atoms with Gasteiger partial charge in [0.15, 0.2) is 0 Å². The zero-order chi connectivity index (χ0) is 22.2. The lowest BCUT2D eigenvalue weighted by Gasteiger charge is -2.28. The van der Waals surface area contributed by atoms with Gasteiger partial charge in [0.05, 0.1) is 31.1 Å². The fourth-order valence-corrected chi connectivity index (χ4v) is 3.40. The van der Waals surface area contributed by atoms with Crippen molar-refractivity contribution < 1.29 is 14.3 Å².